The topological polar surface area (TPSA) is 50.4 Å². The van der Waals surface area contributed by atoms with Gasteiger partial charge in [0.05, 0.1) is 11.1 Å². The highest BCUT2D eigenvalue weighted by Crippen LogP contribution is 2.38. The zero-order valence-corrected chi connectivity index (χ0v) is 13.7. The molecule has 0 bridgehead atoms. The van der Waals surface area contributed by atoms with Crippen molar-refractivity contribution >= 4 is 27.5 Å². The van der Waals surface area contributed by atoms with Crippen LogP contribution in [0.5, 0.6) is 5.75 Å². The fraction of sp³-hybridized carbons (Fsp3) is 0.533. The SMILES string of the molecule is CCNC1C(=O)Nc2cc(OCCC(C)C)c(Br)cc21. The number of ether oxygens (including phenoxy) is 1. The summed E-state index contributed by atoms with van der Waals surface area (Å²) in [6.45, 7) is 7.76. The Hall–Kier alpha value is -1.07. The first-order chi connectivity index (χ1) is 9.52. The summed E-state index contributed by atoms with van der Waals surface area (Å²) in [5.74, 6) is 1.39. The molecule has 1 atom stereocenters. The maximum Gasteiger partial charge on any atom is 0.246 e. The lowest BCUT2D eigenvalue weighted by Gasteiger charge is -2.13. The Kier molecular flexibility index (Phi) is 5.05. The van der Waals surface area contributed by atoms with Crippen LogP contribution in [0.3, 0.4) is 0 Å². The quantitative estimate of drug-likeness (QED) is 0.833. The number of anilines is 1. The molecule has 0 saturated heterocycles. The largest absolute Gasteiger partial charge is 0.492 e. The van der Waals surface area contributed by atoms with Crippen LogP contribution in [-0.2, 0) is 4.79 Å². The van der Waals surface area contributed by atoms with E-state index < -0.39 is 0 Å². The van der Waals surface area contributed by atoms with Crippen molar-refractivity contribution in [3.63, 3.8) is 0 Å². The summed E-state index contributed by atoms with van der Waals surface area (Å²) in [7, 11) is 0. The minimum Gasteiger partial charge on any atom is -0.492 e. The molecule has 1 aliphatic heterocycles. The lowest BCUT2D eigenvalue weighted by Crippen LogP contribution is -2.27. The van der Waals surface area contributed by atoms with E-state index in [1.54, 1.807) is 0 Å². The molecule has 20 heavy (non-hydrogen) atoms. The first kappa shape index (κ1) is 15.3. The molecule has 0 aromatic heterocycles. The molecule has 4 nitrogen and oxygen atoms in total. The lowest BCUT2D eigenvalue weighted by molar-refractivity contribution is -0.117. The number of hydrogen-bond donors (Lipinski definition) is 2. The normalized spacial score (nSPS) is 17.2. The van der Waals surface area contributed by atoms with Crippen molar-refractivity contribution in [3.8, 4) is 5.75 Å². The van der Waals surface area contributed by atoms with E-state index >= 15 is 0 Å². The van der Waals surface area contributed by atoms with Gasteiger partial charge in [0.25, 0.3) is 0 Å². The molecule has 0 fully saturated rings. The summed E-state index contributed by atoms with van der Waals surface area (Å²) in [4.78, 5) is 11.9. The molecule has 2 rings (SSSR count). The van der Waals surface area contributed by atoms with E-state index in [0.29, 0.717) is 12.5 Å². The van der Waals surface area contributed by atoms with Crippen molar-refractivity contribution in [2.24, 2.45) is 5.92 Å². The van der Waals surface area contributed by atoms with Crippen LogP contribution in [0.1, 0.15) is 38.8 Å². The standard InChI is InChI=1S/C15H21BrN2O2/c1-4-17-14-10-7-11(16)13(20-6-5-9(2)3)8-12(10)18-15(14)19/h7-9,14,17H,4-6H2,1-3H3,(H,18,19). The van der Waals surface area contributed by atoms with Crippen molar-refractivity contribution in [2.75, 3.05) is 18.5 Å². The van der Waals surface area contributed by atoms with Crippen LogP contribution >= 0.6 is 15.9 Å². The number of likely N-dealkylation sites (N-methyl/N-ethyl adjacent to an activating group) is 1. The van der Waals surface area contributed by atoms with Crippen LogP contribution in [0, 0.1) is 5.92 Å². The molecular weight excluding hydrogens is 320 g/mol. The second kappa shape index (κ2) is 6.59. The highest BCUT2D eigenvalue weighted by molar-refractivity contribution is 9.10. The van der Waals surface area contributed by atoms with Crippen LogP contribution in [0.2, 0.25) is 0 Å². The smallest absolute Gasteiger partial charge is 0.246 e. The first-order valence-corrected chi connectivity index (χ1v) is 7.82. The highest BCUT2D eigenvalue weighted by atomic mass is 79.9. The van der Waals surface area contributed by atoms with Gasteiger partial charge < -0.3 is 15.4 Å². The number of nitrogens with one attached hydrogen (secondary N) is 2. The molecule has 0 aliphatic carbocycles. The third kappa shape index (κ3) is 3.33. The van der Waals surface area contributed by atoms with Crippen molar-refractivity contribution < 1.29 is 9.53 Å². The summed E-state index contributed by atoms with van der Waals surface area (Å²) in [6, 6.07) is 3.59. The average Bonchev–Trinajstić information content (AvgIpc) is 2.66. The van der Waals surface area contributed by atoms with E-state index in [1.807, 2.05) is 19.1 Å². The predicted molar refractivity (Wildman–Crippen MR) is 84.1 cm³/mol. The lowest BCUT2D eigenvalue weighted by atomic mass is 10.1. The number of hydrogen-bond acceptors (Lipinski definition) is 3. The van der Waals surface area contributed by atoms with E-state index in [1.165, 1.54) is 0 Å². The molecule has 0 saturated carbocycles. The fourth-order valence-electron chi connectivity index (χ4n) is 2.18. The molecule has 0 spiro atoms. The van der Waals surface area contributed by atoms with Crippen LogP contribution in [0.25, 0.3) is 0 Å². The number of fused-ring (bicyclic) bond motifs is 1. The van der Waals surface area contributed by atoms with Crippen LogP contribution < -0.4 is 15.4 Å². The Morgan fingerprint density at radius 2 is 2.20 bits per heavy atom. The van der Waals surface area contributed by atoms with Gasteiger partial charge in [0.1, 0.15) is 11.8 Å². The van der Waals surface area contributed by atoms with Gasteiger partial charge in [0.2, 0.25) is 5.91 Å². The monoisotopic (exact) mass is 340 g/mol. The van der Waals surface area contributed by atoms with Crippen molar-refractivity contribution in [1.82, 2.24) is 5.32 Å². The zero-order chi connectivity index (χ0) is 14.7. The van der Waals surface area contributed by atoms with Gasteiger partial charge in [-0.15, -0.1) is 0 Å². The number of carbonyl (C=O) groups is 1. The summed E-state index contributed by atoms with van der Waals surface area (Å²) in [6.07, 6.45) is 1.01. The minimum atomic E-state index is -0.268. The van der Waals surface area contributed by atoms with Crippen LogP contribution in [0.15, 0.2) is 16.6 Å². The third-order valence-electron chi connectivity index (χ3n) is 3.30. The predicted octanol–water partition coefficient (Wildman–Crippen LogP) is 3.48. The Morgan fingerprint density at radius 1 is 1.45 bits per heavy atom. The van der Waals surface area contributed by atoms with Gasteiger partial charge in [-0.25, -0.2) is 0 Å². The van der Waals surface area contributed by atoms with Gasteiger partial charge in [-0.3, -0.25) is 4.79 Å². The summed E-state index contributed by atoms with van der Waals surface area (Å²) in [5, 5.41) is 6.08. The fourth-order valence-corrected chi connectivity index (χ4v) is 2.66. The number of benzene rings is 1. The molecule has 0 radical (unpaired) electrons. The summed E-state index contributed by atoms with van der Waals surface area (Å²) in [5.41, 5.74) is 1.81. The molecule has 1 amide bonds. The maximum atomic E-state index is 11.9. The van der Waals surface area contributed by atoms with Crippen molar-refractivity contribution in [1.29, 1.82) is 0 Å². The third-order valence-corrected chi connectivity index (χ3v) is 3.92. The van der Waals surface area contributed by atoms with Gasteiger partial charge in [-0.1, -0.05) is 20.8 Å². The number of carbonyl (C=O) groups excluding carboxylic acids is 1. The second-order valence-corrected chi connectivity index (χ2v) is 6.24. The van der Waals surface area contributed by atoms with Crippen molar-refractivity contribution in [3.05, 3.63) is 22.2 Å². The van der Waals surface area contributed by atoms with Gasteiger partial charge >= 0.3 is 0 Å². The van der Waals surface area contributed by atoms with Crippen LogP contribution in [-0.4, -0.2) is 19.1 Å². The second-order valence-electron chi connectivity index (χ2n) is 5.38. The molecule has 1 heterocycles. The van der Waals surface area contributed by atoms with Crippen molar-refractivity contribution in [2.45, 2.75) is 33.2 Å². The molecular formula is C15H21BrN2O2. The zero-order valence-electron chi connectivity index (χ0n) is 12.1. The van der Waals surface area contributed by atoms with E-state index in [9.17, 15) is 4.79 Å². The molecule has 5 heteroatoms. The van der Waals surface area contributed by atoms with Gasteiger partial charge in [-0.05, 0) is 40.9 Å². The molecule has 2 N–H and O–H groups in total. The first-order valence-electron chi connectivity index (χ1n) is 7.03. The Balaban J connectivity index is 2.15. The van der Waals surface area contributed by atoms with E-state index in [0.717, 1.165) is 34.4 Å². The molecule has 110 valence electrons. The van der Waals surface area contributed by atoms with E-state index in [2.05, 4.69) is 40.4 Å². The molecule has 1 unspecified atom stereocenters. The van der Waals surface area contributed by atoms with Gasteiger partial charge in [0.15, 0.2) is 0 Å². The number of amides is 1. The highest BCUT2D eigenvalue weighted by Gasteiger charge is 2.30. The summed E-state index contributed by atoms with van der Waals surface area (Å²) < 4.78 is 6.67. The maximum absolute atomic E-state index is 11.9. The molecule has 1 aromatic carbocycles. The molecule has 1 aromatic rings. The number of halogens is 1. The Labute approximate surface area is 128 Å². The molecule has 1 aliphatic rings. The van der Waals surface area contributed by atoms with E-state index in [-0.39, 0.29) is 11.9 Å². The van der Waals surface area contributed by atoms with Crippen LogP contribution in [0.4, 0.5) is 5.69 Å². The number of rotatable bonds is 6. The Morgan fingerprint density at radius 3 is 2.85 bits per heavy atom. The summed E-state index contributed by atoms with van der Waals surface area (Å²) >= 11 is 3.52. The minimum absolute atomic E-state index is 0.00641. The van der Waals surface area contributed by atoms with Gasteiger partial charge in [0, 0.05) is 17.3 Å². The van der Waals surface area contributed by atoms with E-state index in [4.69, 9.17) is 4.74 Å². The Bertz CT molecular complexity index is 503. The van der Waals surface area contributed by atoms with Gasteiger partial charge in [-0.2, -0.15) is 0 Å². The average molecular weight is 341 g/mol.